The van der Waals surface area contributed by atoms with Gasteiger partial charge in [0, 0.05) is 11.6 Å². The third-order valence-corrected chi connectivity index (χ3v) is 3.29. The van der Waals surface area contributed by atoms with Gasteiger partial charge in [-0.05, 0) is 42.0 Å². The maximum absolute atomic E-state index is 11.7. The lowest BCUT2D eigenvalue weighted by atomic mass is 10.2. The maximum Gasteiger partial charge on any atom is 0.315 e. The van der Waals surface area contributed by atoms with Crippen molar-refractivity contribution in [1.29, 1.82) is 0 Å². The molecule has 2 N–H and O–H groups in total. The minimum absolute atomic E-state index is 0.247. The molecule has 0 atom stereocenters. The van der Waals surface area contributed by atoms with Gasteiger partial charge in [-0.15, -0.1) is 0 Å². The average Bonchev–Trinajstić information content (AvgIpc) is 2.57. The van der Waals surface area contributed by atoms with Gasteiger partial charge in [0.05, 0.1) is 13.7 Å². The lowest BCUT2D eigenvalue weighted by molar-refractivity contribution is 0.236. The molecule has 0 aromatic heterocycles. The second kappa shape index (κ2) is 8.90. The van der Waals surface area contributed by atoms with Crippen LogP contribution in [-0.4, -0.2) is 26.3 Å². The van der Waals surface area contributed by atoms with Crippen molar-refractivity contribution >= 4 is 17.6 Å². The van der Waals surface area contributed by atoms with E-state index in [0.717, 1.165) is 17.1 Å². The molecule has 0 unspecified atom stereocenters. The zero-order valence-corrected chi connectivity index (χ0v) is 13.6. The molecule has 2 rings (SSSR count). The second-order valence-corrected chi connectivity index (χ2v) is 5.20. The first-order valence-electron chi connectivity index (χ1n) is 7.20. The molecule has 6 heteroatoms. The van der Waals surface area contributed by atoms with E-state index in [2.05, 4.69) is 10.6 Å². The van der Waals surface area contributed by atoms with Crippen LogP contribution in [0, 0.1) is 0 Å². The summed E-state index contributed by atoms with van der Waals surface area (Å²) in [6.07, 6.45) is 0. The highest BCUT2D eigenvalue weighted by molar-refractivity contribution is 6.30. The summed E-state index contributed by atoms with van der Waals surface area (Å²) in [7, 11) is 1.61. The van der Waals surface area contributed by atoms with Gasteiger partial charge in [0.2, 0.25) is 0 Å². The number of carbonyl (C=O) groups excluding carboxylic acids is 1. The third-order valence-electron chi connectivity index (χ3n) is 3.06. The number of urea groups is 1. The molecule has 0 saturated carbocycles. The fourth-order valence-corrected chi connectivity index (χ4v) is 2.11. The summed E-state index contributed by atoms with van der Waals surface area (Å²) in [5.41, 5.74) is 0.946. The molecule has 0 aliphatic carbocycles. The average molecular weight is 335 g/mol. The van der Waals surface area contributed by atoms with E-state index in [0.29, 0.717) is 24.7 Å². The number of hydrogen-bond acceptors (Lipinski definition) is 3. The first-order chi connectivity index (χ1) is 11.2. The van der Waals surface area contributed by atoms with E-state index in [-0.39, 0.29) is 6.03 Å². The molecule has 0 saturated heterocycles. The van der Waals surface area contributed by atoms with Crippen molar-refractivity contribution in [3.63, 3.8) is 0 Å². The summed E-state index contributed by atoms with van der Waals surface area (Å²) in [4.78, 5) is 11.7. The van der Waals surface area contributed by atoms with Gasteiger partial charge in [-0.3, -0.25) is 0 Å². The number of nitrogens with one attached hydrogen (secondary N) is 2. The number of amides is 2. The number of halogens is 1. The smallest absolute Gasteiger partial charge is 0.315 e. The second-order valence-electron chi connectivity index (χ2n) is 4.76. The highest BCUT2D eigenvalue weighted by Gasteiger charge is 2.01. The van der Waals surface area contributed by atoms with Gasteiger partial charge in [-0.2, -0.15) is 0 Å². The minimum atomic E-state index is -0.247. The van der Waals surface area contributed by atoms with Crippen LogP contribution >= 0.6 is 11.6 Å². The van der Waals surface area contributed by atoms with Crippen LogP contribution in [0.25, 0.3) is 0 Å². The first kappa shape index (κ1) is 17.0. The Hall–Kier alpha value is -2.40. The van der Waals surface area contributed by atoms with Crippen molar-refractivity contribution in [2.75, 3.05) is 20.3 Å². The highest BCUT2D eigenvalue weighted by atomic mass is 35.5. The normalized spacial score (nSPS) is 10.0. The molecule has 0 spiro atoms. The summed E-state index contributed by atoms with van der Waals surface area (Å²) in [5, 5.41) is 6.14. The molecule has 2 aromatic carbocycles. The van der Waals surface area contributed by atoms with Gasteiger partial charge >= 0.3 is 6.03 Å². The largest absolute Gasteiger partial charge is 0.497 e. The molecule has 0 aliphatic rings. The van der Waals surface area contributed by atoms with E-state index >= 15 is 0 Å². The molecular weight excluding hydrogens is 316 g/mol. The van der Waals surface area contributed by atoms with Crippen LogP contribution in [0.4, 0.5) is 4.79 Å². The van der Waals surface area contributed by atoms with Gasteiger partial charge in [0.25, 0.3) is 0 Å². The summed E-state index contributed by atoms with van der Waals surface area (Å²) in [6, 6.07) is 14.4. The molecule has 0 bridgehead atoms. The first-order valence-corrected chi connectivity index (χ1v) is 7.58. The zero-order valence-electron chi connectivity index (χ0n) is 12.8. The fraction of sp³-hybridized carbons (Fsp3) is 0.235. The minimum Gasteiger partial charge on any atom is -0.497 e. The van der Waals surface area contributed by atoms with Crippen molar-refractivity contribution in [3.05, 3.63) is 59.1 Å². The lowest BCUT2D eigenvalue weighted by Crippen LogP contribution is -2.37. The molecule has 122 valence electrons. The fourth-order valence-electron chi connectivity index (χ4n) is 1.90. The third kappa shape index (κ3) is 6.08. The van der Waals surface area contributed by atoms with Gasteiger partial charge in [-0.1, -0.05) is 23.7 Å². The van der Waals surface area contributed by atoms with Gasteiger partial charge in [0.1, 0.15) is 18.1 Å². The number of ether oxygens (including phenoxy) is 2. The summed E-state index contributed by atoms with van der Waals surface area (Å²) >= 11 is 5.89. The molecule has 0 fully saturated rings. The predicted octanol–water partition coefficient (Wildman–Crippen LogP) is 3.23. The van der Waals surface area contributed by atoms with E-state index in [1.807, 2.05) is 42.5 Å². The van der Waals surface area contributed by atoms with Gasteiger partial charge in [-0.25, -0.2) is 4.79 Å². The summed E-state index contributed by atoms with van der Waals surface area (Å²) in [5.74, 6) is 1.50. The van der Waals surface area contributed by atoms with Crippen molar-refractivity contribution in [1.82, 2.24) is 10.6 Å². The summed E-state index contributed by atoms with van der Waals surface area (Å²) in [6.45, 7) is 1.22. The van der Waals surface area contributed by atoms with E-state index in [4.69, 9.17) is 21.1 Å². The molecule has 0 aliphatic heterocycles. The zero-order chi connectivity index (χ0) is 16.5. The molecule has 2 aromatic rings. The summed E-state index contributed by atoms with van der Waals surface area (Å²) < 4.78 is 10.6. The Morgan fingerprint density at radius 1 is 1.09 bits per heavy atom. The molecule has 5 nitrogen and oxygen atoms in total. The molecule has 2 amide bonds. The topological polar surface area (TPSA) is 59.6 Å². The van der Waals surface area contributed by atoms with Crippen molar-refractivity contribution in [2.45, 2.75) is 6.54 Å². The Balaban J connectivity index is 1.62. The van der Waals surface area contributed by atoms with Crippen molar-refractivity contribution in [2.24, 2.45) is 0 Å². The Labute approximate surface area is 140 Å². The Kier molecular flexibility index (Phi) is 6.56. The molecular formula is C17H19ClN2O3. The Morgan fingerprint density at radius 3 is 2.52 bits per heavy atom. The maximum atomic E-state index is 11.7. The van der Waals surface area contributed by atoms with Crippen LogP contribution < -0.4 is 20.1 Å². The van der Waals surface area contributed by atoms with Crippen LogP contribution in [-0.2, 0) is 6.54 Å². The number of benzene rings is 2. The molecule has 0 heterocycles. The van der Waals surface area contributed by atoms with Gasteiger partial charge in [0.15, 0.2) is 0 Å². The Bertz CT molecular complexity index is 632. The SMILES string of the molecule is COc1ccc(OCCNC(=O)NCc2cccc(Cl)c2)cc1. The van der Waals surface area contributed by atoms with Crippen molar-refractivity contribution < 1.29 is 14.3 Å². The van der Waals surface area contributed by atoms with E-state index in [9.17, 15) is 4.79 Å². The Morgan fingerprint density at radius 2 is 1.83 bits per heavy atom. The highest BCUT2D eigenvalue weighted by Crippen LogP contribution is 2.16. The van der Waals surface area contributed by atoms with Crippen LogP contribution in [0.3, 0.4) is 0 Å². The number of hydrogen-bond donors (Lipinski definition) is 2. The predicted molar refractivity (Wildman–Crippen MR) is 90.2 cm³/mol. The number of methoxy groups -OCH3 is 1. The van der Waals surface area contributed by atoms with Crippen LogP contribution in [0.15, 0.2) is 48.5 Å². The van der Waals surface area contributed by atoms with Crippen LogP contribution in [0.2, 0.25) is 5.02 Å². The van der Waals surface area contributed by atoms with Crippen molar-refractivity contribution in [3.8, 4) is 11.5 Å². The van der Waals surface area contributed by atoms with Crippen LogP contribution in [0.5, 0.6) is 11.5 Å². The standard InChI is InChI=1S/C17H19ClN2O3/c1-22-15-5-7-16(8-6-15)23-10-9-19-17(21)20-12-13-3-2-4-14(18)11-13/h2-8,11H,9-10,12H2,1H3,(H2,19,20,21). The number of rotatable bonds is 7. The van der Waals surface area contributed by atoms with E-state index in [1.165, 1.54) is 0 Å². The lowest BCUT2D eigenvalue weighted by Gasteiger charge is -2.09. The van der Waals surface area contributed by atoms with Crippen LogP contribution in [0.1, 0.15) is 5.56 Å². The van der Waals surface area contributed by atoms with E-state index < -0.39 is 0 Å². The quantitative estimate of drug-likeness (QED) is 0.764. The van der Waals surface area contributed by atoms with E-state index in [1.54, 1.807) is 13.2 Å². The molecule has 0 radical (unpaired) electrons. The monoisotopic (exact) mass is 334 g/mol. The number of carbonyl (C=O) groups is 1. The van der Waals surface area contributed by atoms with Gasteiger partial charge < -0.3 is 20.1 Å². The molecule has 23 heavy (non-hydrogen) atoms.